The number of halogens is 2. The molecule has 0 unspecified atom stereocenters. The zero-order valence-electron chi connectivity index (χ0n) is 11.0. The van der Waals surface area contributed by atoms with Crippen molar-refractivity contribution in [3.63, 3.8) is 0 Å². The van der Waals surface area contributed by atoms with Crippen molar-refractivity contribution in [3.8, 4) is 0 Å². The van der Waals surface area contributed by atoms with Crippen molar-refractivity contribution in [1.82, 2.24) is 4.90 Å². The summed E-state index contributed by atoms with van der Waals surface area (Å²) in [5, 5.41) is 0. The molecule has 100 valence electrons. The van der Waals surface area contributed by atoms with Crippen LogP contribution in [0.25, 0.3) is 0 Å². The molecule has 1 aliphatic rings. The fraction of sp³-hybridized carbons (Fsp3) is 0.571. The molecule has 0 N–H and O–H groups in total. The smallest absolute Gasteiger partial charge is 0.0494 e. The van der Waals surface area contributed by atoms with E-state index in [4.69, 9.17) is 11.6 Å². The number of hydrogen-bond acceptors (Lipinski definition) is 2. The lowest BCUT2D eigenvalue weighted by atomic mass is 10.0. The van der Waals surface area contributed by atoms with E-state index in [0.717, 1.165) is 4.47 Å². The number of nitrogens with zero attached hydrogens (tertiary/aromatic N) is 2. The molecule has 0 aliphatic carbocycles. The minimum atomic E-state index is 0.569. The van der Waals surface area contributed by atoms with Crippen LogP contribution in [0.2, 0.25) is 0 Å². The van der Waals surface area contributed by atoms with Gasteiger partial charge in [0.2, 0.25) is 0 Å². The summed E-state index contributed by atoms with van der Waals surface area (Å²) in [6, 6.07) is 6.97. The molecule has 1 heterocycles. The van der Waals surface area contributed by atoms with Gasteiger partial charge in [0.25, 0.3) is 0 Å². The first kappa shape index (κ1) is 14.2. The molecule has 0 bridgehead atoms. The topological polar surface area (TPSA) is 6.48 Å². The first-order valence-corrected chi connectivity index (χ1v) is 7.70. The Hall–Kier alpha value is -0.250. The van der Waals surface area contributed by atoms with Crippen molar-refractivity contribution >= 4 is 33.2 Å². The minimum absolute atomic E-state index is 0.569. The Labute approximate surface area is 123 Å². The third kappa shape index (κ3) is 3.19. The predicted molar refractivity (Wildman–Crippen MR) is 82.6 cm³/mol. The summed E-state index contributed by atoms with van der Waals surface area (Å²) in [5.41, 5.74) is 2.47. The normalized spacial score (nSPS) is 18.0. The van der Waals surface area contributed by atoms with Crippen LogP contribution in [-0.4, -0.2) is 38.1 Å². The maximum atomic E-state index is 6.04. The van der Waals surface area contributed by atoms with Crippen LogP contribution in [0.4, 0.5) is 5.69 Å². The van der Waals surface area contributed by atoms with E-state index in [1.165, 1.54) is 37.2 Å². The lowest BCUT2D eigenvalue weighted by Gasteiger charge is -2.37. The van der Waals surface area contributed by atoms with E-state index in [1.807, 2.05) is 0 Å². The van der Waals surface area contributed by atoms with Crippen LogP contribution in [0.3, 0.4) is 0 Å². The molecule has 1 aromatic rings. The number of rotatable bonds is 3. The predicted octanol–water partition coefficient (Wildman–Crippen LogP) is 3.72. The molecule has 2 nitrogen and oxygen atoms in total. The van der Waals surface area contributed by atoms with Gasteiger partial charge >= 0.3 is 0 Å². The highest BCUT2D eigenvalue weighted by molar-refractivity contribution is 9.10. The summed E-state index contributed by atoms with van der Waals surface area (Å²) in [6.07, 6.45) is 2.45. The van der Waals surface area contributed by atoms with Crippen LogP contribution in [-0.2, 0) is 5.88 Å². The maximum absolute atomic E-state index is 6.04. The van der Waals surface area contributed by atoms with Crippen LogP contribution in [0.5, 0.6) is 0 Å². The molecular formula is C14H20BrClN2. The van der Waals surface area contributed by atoms with Gasteiger partial charge in [-0.1, -0.05) is 22.0 Å². The first-order chi connectivity index (χ1) is 8.61. The molecule has 18 heavy (non-hydrogen) atoms. The van der Waals surface area contributed by atoms with E-state index in [0.29, 0.717) is 11.9 Å². The van der Waals surface area contributed by atoms with Crippen molar-refractivity contribution in [2.24, 2.45) is 0 Å². The average Bonchev–Trinajstić information content (AvgIpc) is 2.39. The number of likely N-dealkylation sites (tertiary alicyclic amines) is 1. The number of alkyl halides is 1. The van der Waals surface area contributed by atoms with E-state index in [2.05, 4.69) is 58.0 Å². The molecular weight excluding hydrogens is 312 g/mol. The average molecular weight is 332 g/mol. The molecule has 4 heteroatoms. The Kier molecular flexibility index (Phi) is 4.93. The highest BCUT2D eigenvalue weighted by atomic mass is 79.9. The summed E-state index contributed by atoms with van der Waals surface area (Å²) < 4.78 is 1.12. The van der Waals surface area contributed by atoms with Crippen LogP contribution in [0.1, 0.15) is 18.4 Å². The number of piperidine rings is 1. The summed E-state index contributed by atoms with van der Waals surface area (Å²) in [6.45, 7) is 2.36. The van der Waals surface area contributed by atoms with Gasteiger partial charge in [0.1, 0.15) is 0 Å². The van der Waals surface area contributed by atoms with Gasteiger partial charge in [0.05, 0.1) is 0 Å². The van der Waals surface area contributed by atoms with Crippen LogP contribution >= 0.6 is 27.5 Å². The quantitative estimate of drug-likeness (QED) is 0.779. The molecule has 2 rings (SSSR count). The van der Waals surface area contributed by atoms with Gasteiger partial charge in [-0.2, -0.15) is 0 Å². The summed E-state index contributed by atoms with van der Waals surface area (Å²) >= 11 is 9.59. The summed E-state index contributed by atoms with van der Waals surface area (Å²) in [5.74, 6) is 0.569. The van der Waals surface area contributed by atoms with Crippen LogP contribution < -0.4 is 4.90 Å². The molecule has 1 saturated heterocycles. The van der Waals surface area contributed by atoms with Gasteiger partial charge < -0.3 is 9.80 Å². The SMILES string of the molecule is CN1CCC(N(C)c2cc(Br)ccc2CCl)CC1. The second-order valence-electron chi connectivity index (χ2n) is 5.05. The Morgan fingerprint density at radius 2 is 2.06 bits per heavy atom. The molecule has 1 aromatic carbocycles. The molecule has 1 fully saturated rings. The van der Waals surface area contributed by atoms with E-state index < -0.39 is 0 Å². The maximum Gasteiger partial charge on any atom is 0.0494 e. The summed E-state index contributed by atoms with van der Waals surface area (Å²) in [4.78, 5) is 4.79. The van der Waals surface area contributed by atoms with Gasteiger partial charge in [-0.3, -0.25) is 0 Å². The standard InChI is InChI=1S/C14H20BrClN2/c1-17-7-5-13(6-8-17)18(2)14-9-12(15)4-3-11(14)10-16/h3-4,9,13H,5-8,10H2,1-2H3. The third-order valence-corrected chi connectivity index (χ3v) is 4.59. The minimum Gasteiger partial charge on any atom is -0.371 e. The van der Waals surface area contributed by atoms with Gasteiger partial charge in [-0.25, -0.2) is 0 Å². The van der Waals surface area contributed by atoms with Crippen molar-refractivity contribution in [2.75, 3.05) is 32.1 Å². The highest BCUT2D eigenvalue weighted by Crippen LogP contribution is 2.29. The molecule has 0 aromatic heterocycles. The van der Waals surface area contributed by atoms with Gasteiger partial charge in [0.15, 0.2) is 0 Å². The van der Waals surface area contributed by atoms with E-state index in [1.54, 1.807) is 0 Å². The molecule has 0 atom stereocenters. The first-order valence-electron chi connectivity index (χ1n) is 6.37. The van der Waals surface area contributed by atoms with Crippen molar-refractivity contribution < 1.29 is 0 Å². The molecule has 0 radical (unpaired) electrons. The Bertz CT molecular complexity index is 403. The zero-order chi connectivity index (χ0) is 13.1. The Balaban J connectivity index is 2.17. The third-order valence-electron chi connectivity index (χ3n) is 3.81. The van der Waals surface area contributed by atoms with Gasteiger partial charge in [-0.05, 0) is 50.7 Å². The molecule has 0 saturated carbocycles. The Morgan fingerprint density at radius 3 is 2.67 bits per heavy atom. The zero-order valence-corrected chi connectivity index (χ0v) is 13.3. The molecule has 1 aliphatic heterocycles. The number of anilines is 1. The number of hydrogen-bond donors (Lipinski definition) is 0. The Morgan fingerprint density at radius 1 is 1.39 bits per heavy atom. The van der Waals surface area contributed by atoms with E-state index in [-0.39, 0.29) is 0 Å². The second-order valence-corrected chi connectivity index (χ2v) is 6.23. The van der Waals surface area contributed by atoms with Crippen molar-refractivity contribution in [1.29, 1.82) is 0 Å². The summed E-state index contributed by atoms with van der Waals surface area (Å²) in [7, 11) is 4.38. The van der Waals surface area contributed by atoms with Crippen LogP contribution in [0, 0.1) is 0 Å². The largest absolute Gasteiger partial charge is 0.371 e. The van der Waals surface area contributed by atoms with E-state index in [9.17, 15) is 0 Å². The van der Waals surface area contributed by atoms with E-state index >= 15 is 0 Å². The fourth-order valence-corrected chi connectivity index (χ4v) is 3.13. The van der Waals surface area contributed by atoms with Gasteiger partial charge in [0, 0.05) is 29.1 Å². The highest BCUT2D eigenvalue weighted by Gasteiger charge is 2.22. The van der Waals surface area contributed by atoms with Crippen molar-refractivity contribution in [3.05, 3.63) is 28.2 Å². The van der Waals surface area contributed by atoms with Crippen molar-refractivity contribution in [2.45, 2.75) is 24.8 Å². The molecule has 0 spiro atoms. The lowest BCUT2D eigenvalue weighted by molar-refractivity contribution is 0.253. The second kappa shape index (κ2) is 6.27. The number of benzene rings is 1. The lowest BCUT2D eigenvalue weighted by Crippen LogP contribution is -2.42. The van der Waals surface area contributed by atoms with Crippen LogP contribution in [0.15, 0.2) is 22.7 Å². The monoisotopic (exact) mass is 330 g/mol. The van der Waals surface area contributed by atoms with Gasteiger partial charge in [-0.15, -0.1) is 11.6 Å². The fourth-order valence-electron chi connectivity index (χ4n) is 2.56. The molecule has 0 amide bonds.